The SMILES string of the molecule is CCOC(=O)CCCNC(=O)COC(=O)c1cc(-c2ccccc2)nc2c1cnn2CC. The molecule has 0 aliphatic heterocycles. The second kappa shape index (κ2) is 11.0. The molecule has 9 nitrogen and oxygen atoms in total. The molecule has 1 aromatic carbocycles. The highest BCUT2D eigenvalue weighted by Crippen LogP contribution is 2.25. The zero-order valence-electron chi connectivity index (χ0n) is 18.2. The number of hydrogen-bond donors (Lipinski definition) is 1. The van der Waals surface area contributed by atoms with Crippen molar-refractivity contribution in [1.82, 2.24) is 20.1 Å². The normalized spacial score (nSPS) is 10.7. The predicted molar refractivity (Wildman–Crippen MR) is 118 cm³/mol. The van der Waals surface area contributed by atoms with Gasteiger partial charge in [0.05, 0.1) is 29.4 Å². The molecule has 3 aromatic rings. The van der Waals surface area contributed by atoms with Crippen molar-refractivity contribution in [2.45, 2.75) is 33.2 Å². The van der Waals surface area contributed by atoms with Crippen LogP contribution >= 0.6 is 0 Å². The van der Waals surface area contributed by atoms with Gasteiger partial charge in [0.15, 0.2) is 12.3 Å². The summed E-state index contributed by atoms with van der Waals surface area (Å²) in [4.78, 5) is 40.8. The van der Waals surface area contributed by atoms with Gasteiger partial charge in [-0.3, -0.25) is 9.59 Å². The molecule has 9 heteroatoms. The number of nitrogens with zero attached hydrogens (tertiary/aromatic N) is 3. The van der Waals surface area contributed by atoms with Gasteiger partial charge in [-0.25, -0.2) is 14.5 Å². The maximum Gasteiger partial charge on any atom is 0.339 e. The molecule has 1 amide bonds. The lowest BCUT2D eigenvalue weighted by Crippen LogP contribution is -2.30. The summed E-state index contributed by atoms with van der Waals surface area (Å²) in [5.74, 6) is -1.39. The summed E-state index contributed by atoms with van der Waals surface area (Å²) < 4.78 is 11.8. The summed E-state index contributed by atoms with van der Waals surface area (Å²) in [7, 11) is 0. The van der Waals surface area contributed by atoms with E-state index in [4.69, 9.17) is 9.47 Å². The fourth-order valence-electron chi connectivity index (χ4n) is 3.16. The summed E-state index contributed by atoms with van der Waals surface area (Å²) in [6, 6.07) is 11.1. The van der Waals surface area contributed by atoms with Crippen molar-refractivity contribution >= 4 is 28.9 Å². The Labute approximate surface area is 185 Å². The first-order valence-corrected chi connectivity index (χ1v) is 10.5. The molecule has 1 N–H and O–H groups in total. The van der Waals surface area contributed by atoms with Crippen LogP contribution in [0.15, 0.2) is 42.6 Å². The minimum atomic E-state index is -0.632. The molecule has 0 spiro atoms. The van der Waals surface area contributed by atoms with Crippen LogP contribution in [0.3, 0.4) is 0 Å². The number of fused-ring (bicyclic) bond motifs is 1. The van der Waals surface area contributed by atoms with Crippen LogP contribution in [0, 0.1) is 0 Å². The minimum Gasteiger partial charge on any atom is -0.466 e. The molecular weight excluding hydrogens is 412 g/mol. The lowest BCUT2D eigenvalue weighted by molar-refractivity contribution is -0.143. The Morgan fingerprint density at radius 2 is 1.88 bits per heavy atom. The Bertz CT molecular complexity index is 1090. The Hall–Kier alpha value is -3.75. The molecule has 0 aliphatic rings. The average Bonchev–Trinajstić information content (AvgIpc) is 3.23. The van der Waals surface area contributed by atoms with Crippen molar-refractivity contribution in [2.75, 3.05) is 19.8 Å². The molecule has 0 radical (unpaired) electrons. The second-order valence-corrected chi connectivity index (χ2v) is 6.95. The number of aryl methyl sites for hydroxylation is 1. The van der Waals surface area contributed by atoms with Gasteiger partial charge in [0.1, 0.15) is 0 Å². The highest BCUT2D eigenvalue weighted by Gasteiger charge is 2.19. The Balaban J connectivity index is 1.67. The summed E-state index contributed by atoms with van der Waals surface area (Å²) in [6.07, 6.45) is 2.24. The van der Waals surface area contributed by atoms with Gasteiger partial charge in [0, 0.05) is 25.1 Å². The van der Waals surface area contributed by atoms with Gasteiger partial charge in [-0.05, 0) is 26.3 Å². The van der Waals surface area contributed by atoms with E-state index in [-0.39, 0.29) is 18.9 Å². The van der Waals surface area contributed by atoms with E-state index in [1.165, 1.54) is 0 Å². The van der Waals surface area contributed by atoms with Gasteiger partial charge >= 0.3 is 11.9 Å². The molecule has 0 fully saturated rings. The first kappa shape index (κ1) is 22.9. The maximum absolute atomic E-state index is 12.8. The van der Waals surface area contributed by atoms with E-state index in [2.05, 4.69) is 15.4 Å². The van der Waals surface area contributed by atoms with Crippen molar-refractivity contribution in [3.05, 3.63) is 48.2 Å². The van der Waals surface area contributed by atoms with Crippen LogP contribution < -0.4 is 5.32 Å². The van der Waals surface area contributed by atoms with Crippen molar-refractivity contribution in [3.8, 4) is 11.3 Å². The number of amides is 1. The lowest BCUT2D eigenvalue weighted by atomic mass is 10.1. The van der Waals surface area contributed by atoms with Crippen LogP contribution in [0.4, 0.5) is 0 Å². The highest BCUT2D eigenvalue weighted by atomic mass is 16.5. The molecule has 0 saturated carbocycles. The second-order valence-electron chi connectivity index (χ2n) is 6.95. The van der Waals surface area contributed by atoms with Crippen molar-refractivity contribution in [1.29, 1.82) is 0 Å². The monoisotopic (exact) mass is 438 g/mol. The Morgan fingerprint density at radius 1 is 1.09 bits per heavy atom. The first-order valence-electron chi connectivity index (χ1n) is 10.5. The largest absolute Gasteiger partial charge is 0.466 e. The van der Waals surface area contributed by atoms with Crippen LogP contribution in [0.5, 0.6) is 0 Å². The fourth-order valence-corrected chi connectivity index (χ4v) is 3.16. The molecule has 2 aromatic heterocycles. The van der Waals surface area contributed by atoms with E-state index in [0.717, 1.165) is 5.56 Å². The smallest absolute Gasteiger partial charge is 0.339 e. The minimum absolute atomic E-state index is 0.215. The van der Waals surface area contributed by atoms with E-state index in [1.54, 1.807) is 23.9 Å². The van der Waals surface area contributed by atoms with E-state index in [0.29, 0.717) is 41.9 Å². The number of aromatic nitrogens is 3. The summed E-state index contributed by atoms with van der Waals surface area (Å²) >= 11 is 0. The molecule has 0 bridgehead atoms. The molecule has 0 atom stereocenters. The number of carbonyl (C=O) groups excluding carboxylic acids is 3. The van der Waals surface area contributed by atoms with Crippen LogP contribution in [0.25, 0.3) is 22.3 Å². The number of carbonyl (C=O) groups is 3. The van der Waals surface area contributed by atoms with Crippen LogP contribution in [0.1, 0.15) is 37.0 Å². The number of pyridine rings is 1. The molecular formula is C23H26N4O5. The standard InChI is InChI=1S/C23H26N4O5/c1-3-27-22-18(14-25-27)17(13-19(26-22)16-9-6-5-7-10-16)23(30)32-15-20(28)24-12-8-11-21(29)31-4-2/h5-7,9-10,13-14H,3-4,8,11-12,15H2,1-2H3,(H,24,28). The van der Waals surface area contributed by atoms with Gasteiger partial charge in [-0.2, -0.15) is 5.10 Å². The third kappa shape index (κ3) is 5.69. The fraction of sp³-hybridized carbons (Fsp3) is 0.348. The van der Waals surface area contributed by atoms with Crippen LogP contribution in [-0.2, 0) is 25.6 Å². The number of nitrogens with one attached hydrogen (secondary N) is 1. The number of benzene rings is 1. The number of rotatable bonds is 10. The van der Waals surface area contributed by atoms with E-state index >= 15 is 0 Å². The zero-order valence-corrected chi connectivity index (χ0v) is 18.2. The highest BCUT2D eigenvalue weighted by molar-refractivity contribution is 6.04. The summed E-state index contributed by atoms with van der Waals surface area (Å²) in [5, 5.41) is 7.48. The van der Waals surface area contributed by atoms with Gasteiger partial charge in [-0.15, -0.1) is 0 Å². The van der Waals surface area contributed by atoms with E-state index < -0.39 is 18.5 Å². The number of esters is 2. The van der Waals surface area contributed by atoms with Crippen LogP contribution in [0.2, 0.25) is 0 Å². The molecule has 168 valence electrons. The third-order valence-electron chi connectivity index (χ3n) is 4.72. The summed E-state index contributed by atoms with van der Waals surface area (Å²) in [5.41, 5.74) is 2.34. The topological polar surface area (TPSA) is 112 Å². The molecule has 0 saturated heterocycles. The molecule has 32 heavy (non-hydrogen) atoms. The van der Waals surface area contributed by atoms with Crippen molar-refractivity contribution in [2.24, 2.45) is 0 Å². The number of ether oxygens (including phenoxy) is 2. The van der Waals surface area contributed by atoms with Gasteiger partial charge in [-0.1, -0.05) is 30.3 Å². The Morgan fingerprint density at radius 3 is 2.59 bits per heavy atom. The van der Waals surface area contributed by atoms with E-state index in [1.807, 2.05) is 37.3 Å². The maximum atomic E-state index is 12.8. The van der Waals surface area contributed by atoms with Crippen LogP contribution in [-0.4, -0.2) is 52.4 Å². The first-order chi connectivity index (χ1) is 15.5. The number of hydrogen-bond acceptors (Lipinski definition) is 7. The lowest BCUT2D eigenvalue weighted by Gasteiger charge is -2.09. The molecule has 0 aliphatic carbocycles. The summed E-state index contributed by atoms with van der Waals surface area (Å²) in [6.45, 7) is 4.46. The van der Waals surface area contributed by atoms with Crippen molar-refractivity contribution < 1.29 is 23.9 Å². The Kier molecular flexibility index (Phi) is 7.91. The quantitative estimate of drug-likeness (QED) is 0.382. The molecule has 3 rings (SSSR count). The molecule has 2 heterocycles. The van der Waals surface area contributed by atoms with Crippen molar-refractivity contribution in [3.63, 3.8) is 0 Å². The van der Waals surface area contributed by atoms with Gasteiger partial charge in [0.2, 0.25) is 0 Å². The predicted octanol–water partition coefficient (Wildman–Crippen LogP) is 2.73. The van der Waals surface area contributed by atoms with Gasteiger partial charge in [0.25, 0.3) is 5.91 Å². The molecule has 0 unspecified atom stereocenters. The van der Waals surface area contributed by atoms with E-state index in [9.17, 15) is 14.4 Å². The average molecular weight is 438 g/mol. The zero-order chi connectivity index (χ0) is 22.9. The third-order valence-corrected chi connectivity index (χ3v) is 4.72. The van der Waals surface area contributed by atoms with Gasteiger partial charge < -0.3 is 14.8 Å².